The Morgan fingerprint density at radius 2 is 1.75 bits per heavy atom. The first-order chi connectivity index (χ1) is 11.5. The van der Waals surface area contributed by atoms with Crippen LogP contribution in [0.25, 0.3) is 11.3 Å². The molecule has 1 aromatic heterocycles. The summed E-state index contributed by atoms with van der Waals surface area (Å²) in [5.41, 5.74) is 1.04. The fourth-order valence-corrected chi connectivity index (χ4v) is 2.09. The largest absolute Gasteiger partial charge is 0.508 e. The van der Waals surface area contributed by atoms with Gasteiger partial charge in [-0.05, 0) is 42.5 Å². The van der Waals surface area contributed by atoms with Gasteiger partial charge in [0.25, 0.3) is 5.56 Å². The lowest BCUT2D eigenvalue weighted by Gasteiger charge is -1.99. The van der Waals surface area contributed by atoms with Crippen LogP contribution in [-0.4, -0.2) is 26.4 Å². The van der Waals surface area contributed by atoms with E-state index in [1.54, 1.807) is 24.3 Å². The van der Waals surface area contributed by atoms with Gasteiger partial charge in [0.15, 0.2) is 5.69 Å². The lowest BCUT2D eigenvalue weighted by atomic mass is 10.1. The van der Waals surface area contributed by atoms with Crippen molar-refractivity contribution in [1.82, 2.24) is 10.2 Å². The lowest BCUT2D eigenvalue weighted by Crippen LogP contribution is -1.96. The highest BCUT2D eigenvalue weighted by molar-refractivity contribution is 5.88. The molecule has 0 radical (unpaired) electrons. The van der Waals surface area contributed by atoms with Crippen LogP contribution in [0.5, 0.6) is 5.75 Å². The summed E-state index contributed by atoms with van der Waals surface area (Å²) in [6.07, 6.45) is 0. The number of benzene rings is 2. The van der Waals surface area contributed by atoms with E-state index in [2.05, 4.69) is 20.4 Å². The van der Waals surface area contributed by atoms with Crippen LogP contribution in [0.4, 0.5) is 11.4 Å². The van der Waals surface area contributed by atoms with E-state index in [4.69, 9.17) is 5.11 Å². The van der Waals surface area contributed by atoms with Gasteiger partial charge in [-0.25, -0.2) is 4.79 Å². The van der Waals surface area contributed by atoms with Crippen molar-refractivity contribution in [1.29, 1.82) is 0 Å². The third kappa shape index (κ3) is 3.07. The summed E-state index contributed by atoms with van der Waals surface area (Å²) in [4.78, 5) is 22.8. The molecule has 0 bridgehead atoms. The number of phenols is 1. The third-order valence-corrected chi connectivity index (χ3v) is 3.27. The Labute approximate surface area is 135 Å². The number of aromatic carboxylic acids is 1. The topological polar surface area (TPSA) is 131 Å². The maximum atomic E-state index is 11.9. The Bertz CT molecular complexity index is 970. The zero-order chi connectivity index (χ0) is 17.1. The maximum absolute atomic E-state index is 11.9. The molecule has 24 heavy (non-hydrogen) atoms. The number of hydrogen-bond donors (Lipinski definition) is 4. The van der Waals surface area contributed by atoms with Crippen molar-refractivity contribution >= 4 is 17.3 Å². The van der Waals surface area contributed by atoms with E-state index in [0.717, 1.165) is 0 Å². The van der Waals surface area contributed by atoms with Crippen LogP contribution < -0.4 is 5.56 Å². The van der Waals surface area contributed by atoms with Crippen LogP contribution in [0.15, 0.2) is 63.6 Å². The number of carboxylic acids is 1. The van der Waals surface area contributed by atoms with Crippen LogP contribution in [0, 0.1) is 0 Å². The van der Waals surface area contributed by atoms with Crippen molar-refractivity contribution in [2.45, 2.75) is 0 Å². The van der Waals surface area contributed by atoms with Gasteiger partial charge in [-0.2, -0.15) is 5.11 Å². The van der Waals surface area contributed by atoms with E-state index in [1.807, 2.05) is 0 Å². The number of carboxylic acid groups (broad SMARTS) is 1. The first kappa shape index (κ1) is 15.2. The van der Waals surface area contributed by atoms with Gasteiger partial charge in [0.2, 0.25) is 0 Å². The zero-order valence-corrected chi connectivity index (χ0v) is 12.2. The average molecular weight is 324 g/mol. The minimum atomic E-state index is -1.07. The van der Waals surface area contributed by atoms with Crippen molar-refractivity contribution in [2.24, 2.45) is 10.2 Å². The van der Waals surface area contributed by atoms with Crippen LogP contribution in [0.2, 0.25) is 0 Å². The predicted molar refractivity (Wildman–Crippen MR) is 86.1 cm³/mol. The van der Waals surface area contributed by atoms with E-state index >= 15 is 0 Å². The number of H-pyrrole nitrogens is 2. The molecule has 3 aromatic rings. The SMILES string of the molecule is O=C(O)c1cccc(N=Nc2c(-c3ccc(O)cc3)[nH][nH]c2=O)c1. The van der Waals surface area contributed by atoms with Gasteiger partial charge in [-0.1, -0.05) is 6.07 Å². The van der Waals surface area contributed by atoms with Crippen molar-refractivity contribution in [3.05, 3.63) is 64.4 Å². The van der Waals surface area contributed by atoms with Crippen molar-refractivity contribution in [3.8, 4) is 17.0 Å². The van der Waals surface area contributed by atoms with E-state index in [0.29, 0.717) is 16.9 Å². The molecule has 0 saturated heterocycles. The monoisotopic (exact) mass is 324 g/mol. The molecule has 120 valence electrons. The summed E-state index contributed by atoms with van der Waals surface area (Å²) < 4.78 is 0. The molecule has 3 rings (SSSR count). The van der Waals surface area contributed by atoms with E-state index in [1.165, 1.54) is 24.3 Å². The van der Waals surface area contributed by atoms with Gasteiger partial charge >= 0.3 is 5.97 Å². The number of aromatic amines is 2. The minimum absolute atomic E-state index is 0.0569. The number of nitrogens with one attached hydrogen (secondary N) is 2. The maximum Gasteiger partial charge on any atom is 0.335 e. The number of carbonyl (C=O) groups is 1. The summed E-state index contributed by atoms with van der Waals surface area (Å²) in [6, 6.07) is 12.1. The van der Waals surface area contributed by atoms with E-state index in [-0.39, 0.29) is 17.0 Å². The smallest absolute Gasteiger partial charge is 0.335 e. The molecule has 0 unspecified atom stereocenters. The van der Waals surface area contributed by atoms with Crippen LogP contribution in [0.3, 0.4) is 0 Å². The highest BCUT2D eigenvalue weighted by Crippen LogP contribution is 2.27. The van der Waals surface area contributed by atoms with Gasteiger partial charge in [0, 0.05) is 5.56 Å². The fraction of sp³-hybridized carbons (Fsp3) is 0. The summed E-state index contributed by atoms with van der Waals surface area (Å²) in [7, 11) is 0. The summed E-state index contributed by atoms with van der Waals surface area (Å²) >= 11 is 0. The quantitative estimate of drug-likeness (QED) is 0.549. The van der Waals surface area contributed by atoms with E-state index in [9.17, 15) is 14.7 Å². The number of hydrogen-bond acceptors (Lipinski definition) is 5. The molecule has 0 aliphatic carbocycles. The number of phenolic OH excluding ortho intramolecular Hbond substituents is 1. The molecule has 8 nitrogen and oxygen atoms in total. The van der Waals surface area contributed by atoms with Gasteiger partial charge in [-0.3, -0.25) is 15.0 Å². The normalized spacial score (nSPS) is 11.0. The van der Waals surface area contributed by atoms with Crippen LogP contribution in [0.1, 0.15) is 10.4 Å². The Hall–Kier alpha value is -3.68. The van der Waals surface area contributed by atoms with Gasteiger partial charge in [0.1, 0.15) is 5.75 Å². The second kappa shape index (κ2) is 6.21. The molecule has 1 heterocycles. The molecule has 4 N–H and O–H groups in total. The lowest BCUT2D eigenvalue weighted by molar-refractivity contribution is 0.0697. The number of aromatic hydroxyl groups is 1. The zero-order valence-electron chi connectivity index (χ0n) is 12.2. The number of rotatable bonds is 4. The van der Waals surface area contributed by atoms with Crippen molar-refractivity contribution < 1.29 is 15.0 Å². The number of nitrogens with zero attached hydrogens (tertiary/aromatic N) is 2. The first-order valence-corrected chi connectivity index (χ1v) is 6.90. The minimum Gasteiger partial charge on any atom is -0.508 e. The molecular formula is C16H12N4O4. The Kier molecular flexibility index (Phi) is 3.94. The van der Waals surface area contributed by atoms with Crippen molar-refractivity contribution in [2.75, 3.05) is 0 Å². The molecular weight excluding hydrogens is 312 g/mol. The molecule has 0 aliphatic rings. The van der Waals surface area contributed by atoms with E-state index < -0.39 is 11.5 Å². The molecule has 0 fully saturated rings. The third-order valence-electron chi connectivity index (χ3n) is 3.27. The van der Waals surface area contributed by atoms with Gasteiger partial charge in [-0.15, -0.1) is 5.11 Å². The molecule has 8 heteroatoms. The second-order valence-corrected chi connectivity index (χ2v) is 4.91. The Morgan fingerprint density at radius 3 is 2.46 bits per heavy atom. The number of azo groups is 1. The Morgan fingerprint density at radius 1 is 1.00 bits per heavy atom. The average Bonchev–Trinajstić information content (AvgIpc) is 2.95. The highest BCUT2D eigenvalue weighted by Gasteiger charge is 2.11. The van der Waals surface area contributed by atoms with Crippen LogP contribution in [-0.2, 0) is 0 Å². The van der Waals surface area contributed by atoms with Crippen molar-refractivity contribution in [3.63, 3.8) is 0 Å². The van der Waals surface area contributed by atoms with Gasteiger partial charge in [0.05, 0.1) is 16.9 Å². The summed E-state index contributed by atoms with van der Waals surface area (Å²) in [5, 5.41) is 31.3. The van der Waals surface area contributed by atoms with Gasteiger partial charge < -0.3 is 10.2 Å². The second-order valence-electron chi connectivity index (χ2n) is 4.91. The molecule has 0 aliphatic heterocycles. The Balaban J connectivity index is 1.97. The molecule has 0 amide bonds. The van der Waals surface area contributed by atoms with Crippen LogP contribution >= 0.6 is 0 Å². The molecule has 0 spiro atoms. The standard InChI is InChI=1S/C16H12N4O4/c21-12-6-4-9(5-7-12)13-14(15(22)20-18-13)19-17-11-3-1-2-10(8-11)16(23)24/h1-8,21H,(H,23,24)(H2,18,20,22). The summed E-state index contributed by atoms with van der Waals surface area (Å²) in [6.45, 7) is 0. The highest BCUT2D eigenvalue weighted by atomic mass is 16.4. The fourth-order valence-electron chi connectivity index (χ4n) is 2.09. The predicted octanol–water partition coefficient (Wildman–Crippen LogP) is 3.19. The first-order valence-electron chi connectivity index (χ1n) is 6.90. The molecule has 2 aromatic carbocycles. The summed E-state index contributed by atoms with van der Waals surface area (Å²) in [5.74, 6) is -0.971. The number of aromatic nitrogens is 2. The molecule has 0 atom stereocenters. The molecule has 0 saturated carbocycles.